The van der Waals surface area contributed by atoms with Crippen LogP contribution in [0.25, 0.3) is 0 Å². The molecule has 0 aromatic heterocycles. The molecule has 0 bridgehead atoms. The van der Waals surface area contributed by atoms with Gasteiger partial charge in [-0.15, -0.1) is 0 Å². The second-order valence-electron chi connectivity index (χ2n) is 20.9. The van der Waals surface area contributed by atoms with E-state index in [1.54, 1.807) is 6.08 Å². The van der Waals surface area contributed by atoms with E-state index >= 15 is 0 Å². The SMILES string of the molecule is CC/C=C\C/C=C\C/C=C\C/C=C\C/C=C\C/C=C\CCCCCCCCCCCCC(=O)NC(COP(=O)([O-])OCC[N+](C)(C)C)C(O)/C=C/CC/C=C/CC/C=C/CCCCCCCCCCCCCC. The Morgan fingerprint density at radius 2 is 0.849 bits per heavy atom. The van der Waals surface area contributed by atoms with Gasteiger partial charge in [0.05, 0.1) is 39.9 Å². The minimum absolute atomic E-state index is 0.0151. The molecular formula is C64H113N2O6P. The second-order valence-corrected chi connectivity index (χ2v) is 22.4. The average molecular weight is 1040 g/mol. The van der Waals surface area contributed by atoms with Crippen LogP contribution in [0.4, 0.5) is 0 Å². The minimum Gasteiger partial charge on any atom is -0.756 e. The van der Waals surface area contributed by atoms with E-state index in [0.29, 0.717) is 17.4 Å². The van der Waals surface area contributed by atoms with Gasteiger partial charge < -0.3 is 28.8 Å². The van der Waals surface area contributed by atoms with Gasteiger partial charge in [0.15, 0.2) is 0 Å². The monoisotopic (exact) mass is 1040 g/mol. The molecule has 1 amide bonds. The summed E-state index contributed by atoms with van der Waals surface area (Å²) in [5, 5.41) is 13.9. The number of aliphatic hydroxyl groups excluding tert-OH is 1. The number of carbonyl (C=O) groups excluding carboxylic acids is 1. The highest BCUT2D eigenvalue weighted by Crippen LogP contribution is 2.38. The van der Waals surface area contributed by atoms with Crippen LogP contribution in [0, 0.1) is 0 Å². The standard InChI is InChI=1S/C64H113N2O6P/c1-6-8-10-12-14-16-18-20-22-24-26-28-30-31-32-33-34-35-36-38-40-42-44-46-48-50-52-54-56-58-64(68)65-62(61-72-73(69,70)71-60-59-66(3,4)5)63(67)57-55-53-51-49-47-45-43-41-39-37-29-27-25-23-21-19-17-15-13-11-9-7-2/h8,10,14,16,20,22,26,28,31-32,34-35,39,41,47,49,55,57,62-63,67H,6-7,9,11-13,15,17-19,21,23-25,27,29-30,33,36-38,40,42-46,48,50-54,56,58-61H2,1-5H3,(H-,65,68,69,70)/b10-8-,16-14-,22-20-,28-26-,32-31-,35-34-,41-39+,49-47+,57-55+. The molecule has 0 saturated carbocycles. The van der Waals surface area contributed by atoms with Gasteiger partial charge in [-0.05, 0) is 96.3 Å². The lowest BCUT2D eigenvalue weighted by atomic mass is 10.0. The van der Waals surface area contributed by atoms with Crippen molar-refractivity contribution in [2.45, 2.75) is 251 Å². The van der Waals surface area contributed by atoms with Crippen molar-refractivity contribution >= 4 is 13.7 Å². The molecule has 0 aliphatic carbocycles. The molecule has 0 aromatic carbocycles. The van der Waals surface area contributed by atoms with Gasteiger partial charge in [0.25, 0.3) is 7.82 Å². The maximum absolute atomic E-state index is 13.0. The zero-order valence-corrected chi connectivity index (χ0v) is 48.7. The highest BCUT2D eigenvalue weighted by molar-refractivity contribution is 7.45. The fourth-order valence-corrected chi connectivity index (χ4v) is 8.79. The topological polar surface area (TPSA) is 108 Å². The molecule has 0 fully saturated rings. The Labute approximate surface area is 451 Å². The zero-order valence-electron chi connectivity index (χ0n) is 47.8. The highest BCUT2D eigenvalue weighted by Gasteiger charge is 2.23. The fraction of sp³-hybridized carbons (Fsp3) is 0.703. The summed E-state index contributed by atoms with van der Waals surface area (Å²) < 4.78 is 23.3. The lowest BCUT2D eigenvalue weighted by Gasteiger charge is -2.29. The summed E-state index contributed by atoms with van der Waals surface area (Å²) >= 11 is 0. The van der Waals surface area contributed by atoms with Crippen molar-refractivity contribution in [1.82, 2.24) is 5.32 Å². The summed E-state index contributed by atoms with van der Waals surface area (Å²) in [7, 11) is 1.22. The Hall–Kier alpha value is -2.84. The molecular weight excluding hydrogens is 924 g/mol. The molecule has 0 heterocycles. The van der Waals surface area contributed by atoms with E-state index in [4.69, 9.17) is 9.05 Å². The van der Waals surface area contributed by atoms with Crippen molar-refractivity contribution in [2.75, 3.05) is 40.9 Å². The number of hydrogen-bond donors (Lipinski definition) is 2. The molecule has 3 atom stereocenters. The minimum atomic E-state index is -4.62. The first-order valence-corrected chi connectivity index (χ1v) is 31.2. The largest absolute Gasteiger partial charge is 0.756 e. The summed E-state index contributed by atoms with van der Waals surface area (Å²) in [5.41, 5.74) is 0. The van der Waals surface area contributed by atoms with Crippen molar-refractivity contribution in [3.05, 3.63) is 109 Å². The third-order valence-electron chi connectivity index (χ3n) is 12.7. The van der Waals surface area contributed by atoms with Crippen molar-refractivity contribution in [2.24, 2.45) is 0 Å². The Balaban J connectivity index is 4.29. The van der Waals surface area contributed by atoms with Crippen molar-refractivity contribution in [1.29, 1.82) is 0 Å². The van der Waals surface area contributed by atoms with Crippen LogP contribution >= 0.6 is 7.82 Å². The molecule has 0 rings (SSSR count). The number of rotatable bonds is 53. The van der Waals surface area contributed by atoms with Crippen LogP contribution in [0.15, 0.2) is 109 Å². The Kier molecular flexibility index (Phi) is 51.9. The molecule has 0 radical (unpaired) electrons. The number of amides is 1. The molecule has 420 valence electrons. The van der Waals surface area contributed by atoms with Crippen molar-refractivity contribution < 1.29 is 32.9 Å². The van der Waals surface area contributed by atoms with Crippen LogP contribution in [-0.2, 0) is 18.4 Å². The van der Waals surface area contributed by atoms with Crippen LogP contribution in [0.2, 0.25) is 0 Å². The predicted octanol–water partition coefficient (Wildman–Crippen LogP) is 17.7. The van der Waals surface area contributed by atoms with E-state index in [0.717, 1.165) is 89.9 Å². The van der Waals surface area contributed by atoms with Crippen LogP contribution in [0.3, 0.4) is 0 Å². The summed E-state index contributed by atoms with van der Waals surface area (Å²) in [6.45, 7) is 4.50. The first kappa shape index (κ1) is 70.2. The number of likely N-dealkylation sites (N-methyl/N-ethyl adjacent to an activating group) is 1. The Bertz CT molecular complexity index is 1550. The zero-order chi connectivity index (χ0) is 53.5. The average Bonchev–Trinajstić information content (AvgIpc) is 3.35. The van der Waals surface area contributed by atoms with E-state index in [2.05, 4.69) is 116 Å². The first-order chi connectivity index (χ1) is 35.5. The van der Waals surface area contributed by atoms with Gasteiger partial charge in [0, 0.05) is 6.42 Å². The van der Waals surface area contributed by atoms with Crippen LogP contribution < -0.4 is 10.2 Å². The van der Waals surface area contributed by atoms with Crippen LogP contribution in [-0.4, -0.2) is 68.5 Å². The molecule has 8 nitrogen and oxygen atoms in total. The number of hydrogen-bond acceptors (Lipinski definition) is 6. The normalized spacial score (nSPS) is 14.7. The van der Waals surface area contributed by atoms with Gasteiger partial charge in [-0.1, -0.05) is 245 Å². The highest BCUT2D eigenvalue weighted by atomic mass is 31.2. The van der Waals surface area contributed by atoms with Crippen molar-refractivity contribution in [3.8, 4) is 0 Å². The van der Waals surface area contributed by atoms with Crippen LogP contribution in [0.5, 0.6) is 0 Å². The lowest BCUT2D eigenvalue weighted by Crippen LogP contribution is -2.45. The van der Waals surface area contributed by atoms with E-state index in [1.807, 2.05) is 27.2 Å². The van der Waals surface area contributed by atoms with Crippen molar-refractivity contribution in [3.63, 3.8) is 0 Å². The van der Waals surface area contributed by atoms with Crippen LogP contribution in [0.1, 0.15) is 239 Å². The summed E-state index contributed by atoms with van der Waals surface area (Å²) in [6.07, 6.45) is 78.8. The molecule has 0 spiro atoms. The quantitative estimate of drug-likeness (QED) is 0.0272. The van der Waals surface area contributed by atoms with E-state index < -0.39 is 26.6 Å². The fourth-order valence-electron chi connectivity index (χ4n) is 8.07. The molecule has 0 aromatic rings. The lowest BCUT2D eigenvalue weighted by molar-refractivity contribution is -0.870. The molecule has 2 N–H and O–H groups in total. The summed E-state index contributed by atoms with van der Waals surface area (Å²) in [6, 6.07) is -0.920. The molecule has 73 heavy (non-hydrogen) atoms. The molecule has 9 heteroatoms. The number of carbonyl (C=O) groups is 1. The molecule has 0 aliphatic heterocycles. The maximum Gasteiger partial charge on any atom is 0.268 e. The predicted molar refractivity (Wildman–Crippen MR) is 316 cm³/mol. The first-order valence-electron chi connectivity index (χ1n) is 29.7. The third-order valence-corrected chi connectivity index (χ3v) is 13.7. The molecule has 0 saturated heterocycles. The van der Waals surface area contributed by atoms with Gasteiger partial charge >= 0.3 is 0 Å². The number of nitrogens with zero attached hydrogens (tertiary/aromatic N) is 1. The Morgan fingerprint density at radius 1 is 0.493 bits per heavy atom. The number of phosphoric ester groups is 1. The summed E-state index contributed by atoms with van der Waals surface area (Å²) in [5.74, 6) is -0.220. The number of phosphoric acid groups is 1. The van der Waals surface area contributed by atoms with E-state index in [9.17, 15) is 19.4 Å². The van der Waals surface area contributed by atoms with Gasteiger partial charge in [-0.2, -0.15) is 0 Å². The van der Waals surface area contributed by atoms with Gasteiger partial charge in [0.2, 0.25) is 5.91 Å². The van der Waals surface area contributed by atoms with E-state index in [-0.39, 0.29) is 12.5 Å². The maximum atomic E-state index is 13.0. The third kappa shape index (κ3) is 56.7. The molecule has 0 aliphatic rings. The molecule has 3 unspecified atom stereocenters. The second kappa shape index (κ2) is 54.0. The summed E-state index contributed by atoms with van der Waals surface area (Å²) in [4.78, 5) is 25.5. The smallest absolute Gasteiger partial charge is 0.268 e. The van der Waals surface area contributed by atoms with Gasteiger partial charge in [-0.3, -0.25) is 9.36 Å². The van der Waals surface area contributed by atoms with E-state index in [1.165, 1.54) is 128 Å². The number of quaternary nitrogens is 1. The number of unbranched alkanes of at least 4 members (excludes halogenated alkanes) is 24. The number of nitrogens with one attached hydrogen (secondary N) is 1. The van der Waals surface area contributed by atoms with Gasteiger partial charge in [0.1, 0.15) is 13.2 Å². The number of allylic oxidation sites excluding steroid dienone is 17. The van der Waals surface area contributed by atoms with Gasteiger partial charge in [-0.25, -0.2) is 0 Å². The Morgan fingerprint density at radius 3 is 1.27 bits per heavy atom. The number of aliphatic hydroxyl groups is 1.